The number of benzene rings is 2. The van der Waals surface area contributed by atoms with Crippen LogP contribution in [0.25, 0.3) is 10.2 Å². The molecule has 1 amide bonds. The Kier molecular flexibility index (Phi) is 5.28. The number of hydrogen-bond donors (Lipinski definition) is 2. The second-order valence-electron chi connectivity index (χ2n) is 8.06. The summed E-state index contributed by atoms with van der Waals surface area (Å²) in [7, 11) is 0. The maximum atomic E-state index is 13.0. The van der Waals surface area contributed by atoms with E-state index in [4.69, 9.17) is 10.7 Å². The highest BCUT2D eigenvalue weighted by Gasteiger charge is 2.24. The first-order valence-electron chi connectivity index (χ1n) is 10.3. The molecular formula is C25H22BrN3OS. The fourth-order valence-corrected chi connectivity index (χ4v) is 5.78. The van der Waals surface area contributed by atoms with E-state index in [2.05, 4.69) is 57.6 Å². The van der Waals surface area contributed by atoms with Gasteiger partial charge in [-0.2, -0.15) is 0 Å². The number of nitrogens with one attached hydrogen (secondary N) is 1. The Labute approximate surface area is 193 Å². The molecule has 2 heterocycles. The van der Waals surface area contributed by atoms with Gasteiger partial charge in [0, 0.05) is 21.2 Å². The number of rotatable bonds is 3. The van der Waals surface area contributed by atoms with E-state index in [1.165, 1.54) is 22.5 Å². The number of pyridine rings is 1. The number of halogens is 1. The molecule has 0 aliphatic heterocycles. The van der Waals surface area contributed by atoms with Crippen LogP contribution in [0.4, 0.5) is 11.4 Å². The van der Waals surface area contributed by atoms with Gasteiger partial charge < -0.3 is 11.1 Å². The van der Waals surface area contributed by atoms with Crippen LogP contribution in [0.15, 0.2) is 59.1 Å². The minimum atomic E-state index is -0.189. The quantitative estimate of drug-likeness (QED) is 0.344. The van der Waals surface area contributed by atoms with Gasteiger partial charge in [0.25, 0.3) is 5.91 Å². The maximum absolute atomic E-state index is 13.0. The normalized spacial score (nSPS) is 15.6. The number of aromatic nitrogens is 1. The molecule has 0 bridgehead atoms. The van der Waals surface area contributed by atoms with Gasteiger partial charge >= 0.3 is 0 Å². The van der Waals surface area contributed by atoms with Crippen LogP contribution in [-0.2, 0) is 12.8 Å². The topological polar surface area (TPSA) is 68.0 Å². The van der Waals surface area contributed by atoms with Crippen molar-refractivity contribution in [1.29, 1.82) is 0 Å². The monoisotopic (exact) mass is 491 g/mol. The van der Waals surface area contributed by atoms with E-state index in [0.29, 0.717) is 16.5 Å². The van der Waals surface area contributed by atoms with E-state index in [1.807, 2.05) is 25.1 Å². The summed E-state index contributed by atoms with van der Waals surface area (Å²) in [6.07, 6.45) is 2.99. The Balaban J connectivity index is 1.46. The minimum Gasteiger partial charge on any atom is -0.397 e. The molecule has 2 aromatic heterocycles. The first kappa shape index (κ1) is 20.2. The number of nitrogens with two attached hydrogens (primary N) is 1. The number of carbonyl (C=O) groups excluding carboxylic acids is 1. The molecule has 156 valence electrons. The molecule has 1 aliphatic rings. The molecule has 1 unspecified atom stereocenters. The van der Waals surface area contributed by atoms with Crippen LogP contribution in [-0.4, -0.2) is 10.9 Å². The third-order valence-corrected chi connectivity index (χ3v) is 7.61. The number of thiophene rings is 1. The van der Waals surface area contributed by atoms with Crippen LogP contribution in [0.1, 0.15) is 44.4 Å². The molecule has 0 spiro atoms. The van der Waals surface area contributed by atoms with Gasteiger partial charge in [-0.1, -0.05) is 46.3 Å². The molecule has 6 heteroatoms. The summed E-state index contributed by atoms with van der Waals surface area (Å²) in [6.45, 7) is 1.97. The summed E-state index contributed by atoms with van der Waals surface area (Å²) in [4.78, 5) is 19.2. The lowest BCUT2D eigenvalue weighted by Crippen LogP contribution is -2.14. The lowest BCUT2D eigenvalue weighted by molar-refractivity contribution is 0.103. The van der Waals surface area contributed by atoms with Gasteiger partial charge in [-0.05, 0) is 73.1 Å². The van der Waals surface area contributed by atoms with Crippen LogP contribution in [0, 0.1) is 6.92 Å². The zero-order valence-electron chi connectivity index (χ0n) is 17.1. The average Bonchev–Trinajstić information content (AvgIpc) is 3.10. The van der Waals surface area contributed by atoms with Crippen LogP contribution in [0.2, 0.25) is 0 Å². The number of hydrogen-bond acceptors (Lipinski definition) is 4. The van der Waals surface area contributed by atoms with E-state index >= 15 is 0 Å². The zero-order chi connectivity index (χ0) is 21.5. The van der Waals surface area contributed by atoms with Crippen molar-refractivity contribution in [2.24, 2.45) is 0 Å². The summed E-state index contributed by atoms with van der Waals surface area (Å²) in [5.41, 5.74) is 12.5. The predicted octanol–water partition coefficient (Wildman–Crippen LogP) is 6.47. The second-order valence-corrected chi connectivity index (χ2v) is 9.97. The molecular weight excluding hydrogens is 470 g/mol. The first-order chi connectivity index (χ1) is 15.0. The highest BCUT2D eigenvalue weighted by Crippen LogP contribution is 2.38. The smallest absolute Gasteiger partial charge is 0.267 e. The minimum absolute atomic E-state index is 0.189. The van der Waals surface area contributed by atoms with Gasteiger partial charge in [-0.25, -0.2) is 4.98 Å². The van der Waals surface area contributed by atoms with E-state index in [9.17, 15) is 4.79 Å². The number of fused-ring (bicyclic) bond motifs is 2. The number of amides is 1. The van der Waals surface area contributed by atoms with Crippen LogP contribution in [0.3, 0.4) is 0 Å². The molecule has 2 aromatic carbocycles. The maximum Gasteiger partial charge on any atom is 0.267 e. The van der Waals surface area contributed by atoms with Crippen LogP contribution >= 0.6 is 27.3 Å². The molecule has 0 fully saturated rings. The van der Waals surface area contributed by atoms with E-state index in [1.54, 1.807) is 0 Å². The molecule has 3 N–H and O–H groups in total. The third-order valence-electron chi connectivity index (χ3n) is 6.00. The van der Waals surface area contributed by atoms with E-state index in [-0.39, 0.29) is 5.91 Å². The molecule has 0 saturated heterocycles. The fourth-order valence-electron chi connectivity index (χ4n) is 4.32. The van der Waals surface area contributed by atoms with Crippen molar-refractivity contribution in [1.82, 2.24) is 4.98 Å². The SMILES string of the molecule is Cc1cc(Br)ccc1NC(=O)c1sc2nc3c(cc2c1N)CC(c1ccccc1)CC3. The van der Waals surface area contributed by atoms with Crippen molar-refractivity contribution in [3.8, 4) is 0 Å². The van der Waals surface area contributed by atoms with Crippen LogP contribution < -0.4 is 11.1 Å². The van der Waals surface area contributed by atoms with E-state index < -0.39 is 0 Å². The summed E-state index contributed by atoms with van der Waals surface area (Å²) < 4.78 is 0.980. The molecule has 4 aromatic rings. The largest absolute Gasteiger partial charge is 0.397 e. The lowest BCUT2D eigenvalue weighted by Gasteiger charge is -2.24. The van der Waals surface area contributed by atoms with Crippen molar-refractivity contribution >= 4 is 54.8 Å². The molecule has 4 nitrogen and oxygen atoms in total. The van der Waals surface area contributed by atoms with Gasteiger partial charge in [0.1, 0.15) is 9.71 Å². The summed E-state index contributed by atoms with van der Waals surface area (Å²) in [5.74, 6) is 0.307. The van der Waals surface area contributed by atoms with Gasteiger partial charge in [0.05, 0.1) is 5.69 Å². The molecule has 1 atom stereocenters. The Morgan fingerprint density at radius 1 is 1.19 bits per heavy atom. The van der Waals surface area contributed by atoms with Gasteiger partial charge in [0.2, 0.25) is 0 Å². The van der Waals surface area contributed by atoms with Gasteiger partial charge in [0.15, 0.2) is 0 Å². The predicted molar refractivity (Wildman–Crippen MR) is 132 cm³/mol. The second kappa shape index (κ2) is 8.09. The third kappa shape index (κ3) is 3.86. The van der Waals surface area contributed by atoms with Crippen molar-refractivity contribution in [2.45, 2.75) is 32.1 Å². The van der Waals surface area contributed by atoms with Crippen molar-refractivity contribution in [3.63, 3.8) is 0 Å². The first-order valence-corrected chi connectivity index (χ1v) is 11.9. The number of aryl methyl sites for hydroxylation is 2. The summed E-state index contributed by atoms with van der Waals surface area (Å²) in [5, 5.41) is 3.88. The Morgan fingerprint density at radius 3 is 2.77 bits per heavy atom. The molecule has 0 radical (unpaired) electrons. The van der Waals surface area contributed by atoms with Gasteiger partial charge in [-0.15, -0.1) is 11.3 Å². The lowest BCUT2D eigenvalue weighted by atomic mass is 9.82. The number of anilines is 2. The van der Waals surface area contributed by atoms with Crippen LogP contribution in [0.5, 0.6) is 0 Å². The highest BCUT2D eigenvalue weighted by atomic mass is 79.9. The van der Waals surface area contributed by atoms with Crippen molar-refractivity contribution in [2.75, 3.05) is 11.1 Å². The Bertz CT molecular complexity index is 1300. The summed E-state index contributed by atoms with van der Waals surface area (Å²) in [6, 6.07) is 18.6. The van der Waals surface area contributed by atoms with Gasteiger partial charge in [-0.3, -0.25) is 4.79 Å². The van der Waals surface area contributed by atoms with Crippen molar-refractivity contribution in [3.05, 3.63) is 86.3 Å². The fraction of sp³-hybridized carbons (Fsp3) is 0.200. The molecule has 5 rings (SSSR count). The average molecular weight is 492 g/mol. The Morgan fingerprint density at radius 2 is 2.00 bits per heavy atom. The van der Waals surface area contributed by atoms with Crippen molar-refractivity contribution < 1.29 is 4.79 Å². The van der Waals surface area contributed by atoms with E-state index in [0.717, 1.165) is 50.9 Å². The Hall–Kier alpha value is -2.70. The highest BCUT2D eigenvalue weighted by molar-refractivity contribution is 9.10. The molecule has 0 saturated carbocycles. The zero-order valence-corrected chi connectivity index (χ0v) is 19.5. The summed E-state index contributed by atoms with van der Waals surface area (Å²) >= 11 is 4.83. The number of nitrogens with zero attached hydrogens (tertiary/aromatic N) is 1. The molecule has 1 aliphatic carbocycles. The standard InChI is InChI=1S/C25H22BrN3OS/c1-14-11-18(26)8-10-20(14)28-24(30)23-22(27)19-13-17-12-16(15-5-3-2-4-6-15)7-9-21(17)29-25(19)31-23/h2-6,8,10-11,13,16H,7,9,12,27H2,1H3,(H,28,30). The number of carbonyl (C=O) groups is 1. The number of nitrogen functional groups attached to an aromatic ring is 1. The molecule has 31 heavy (non-hydrogen) atoms.